The normalized spacial score (nSPS) is 11.0. The molecular formula is C13H16S. The summed E-state index contributed by atoms with van der Waals surface area (Å²) < 4.78 is 1.44. The molecule has 0 spiro atoms. The summed E-state index contributed by atoms with van der Waals surface area (Å²) in [6, 6.07) is 8.71. The Balaban J connectivity index is 2.41. The number of benzene rings is 1. The van der Waals surface area contributed by atoms with Crippen LogP contribution in [0.1, 0.15) is 30.2 Å². The van der Waals surface area contributed by atoms with Gasteiger partial charge < -0.3 is 0 Å². The van der Waals surface area contributed by atoms with E-state index in [1.165, 1.54) is 34.9 Å². The Labute approximate surface area is 89.6 Å². The second kappa shape index (κ2) is 4.14. The van der Waals surface area contributed by atoms with Crippen molar-refractivity contribution in [3.05, 3.63) is 34.7 Å². The van der Waals surface area contributed by atoms with E-state index in [9.17, 15) is 0 Å². The summed E-state index contributed by atoms with van der Waals surface area (Å²) >= 11 is 1.96. The molecule has 0 nitrogen and oxygen atoms in total. The fourth-order valence-electron chi connectivity index (χ4n) is 1.80. The average Bonchev–Trinajstić information content (AvgIpc) is 2.54. The fraction of sp³-hybridized carbons (Fsp3) is 0.385. The van der Waals surface area contributed by atoms with Gasteiger partial charge in [-0.2, -0.15) is 0 Å². The van der Waals surface area contributed by atoms with E-state index in [0.717, 1.165) is 0 Å². The third kappa shape index (κ3) is 1.69. The van der Waals surface area contributed by atoms with E-state index in [1.54, 1.807) is 4.88 Å². The first-order valence-electron chi connectivity index (χ1n) is 5.30. The van der Waals surface area contributed by atoms with E-state index in [2.05, 4.69) is 38.1 Å². The highest BCUT2D eigenvalue weighted by molar-refractivity contribution is 7.19. The van der Waals surface area contributed by atoms with Crippen molar-refractivity contribution < 1.29 is 0 Å². The Bertz CT molecular complexity index is 426. The number of thiophene rings is 1. The van der Waals surface area contributed by atoms with Crippen molar-refractivity contribution in [2.24, 2.45) is 0 Å². The van der Waals surface area contributed by atoms with Crippen LogP contribution in [0.3, 0.4) is 0 Å². The molecule has 0 unspecified atom stereocenters. The lowest BCUT2D eigenvalue weighted by Gasteiger charge is -1.96. The predicted molar refractivity (Wildman–Crippen MR) is 65.2 cm³/mol. The molecule has 0 atom stereocenters. The number of aryl methyl sites for hydroxylation is 2. The molecule has 1 heteroatoms. The van der Waals surface area contributed by atoms with Gasteiger partial charge in [0.2, 0.25) is 0 Å². The van der Waals surface area contributed by atoms with Crippen LogP contribution in [0.4, 0.5) is 0 Å². The van der Waals surface area contributed by atoms with Crippen molar-refractivity contribution in [1.29, 1.82) is 0 Å². The van der Waals surface area contributed by atoms with Gasteiger partial charge in [0.15, 0.2) is 0 Å². The van der Waals surface area contributed by atoms with Crippen molar-refractivity contribution in [3.63, 3.8) is 0 Å². The molecule has 0 aliphatic heterocycles. The molecule has 0 bridgehead atoms. The molecular weight excluding hydrogens is 188 g/mol. The number of hydrogen-bond acceptors (Lipinski definition) is 1. The molecule has 2 rings (SSSR count). The molecule has 2 aromatic rings. The zero-order chi connectivity index (χ0) is 9.97. The predicted octanol–water partition coefficient (Wildman–Crippen LogP) is 4.55. The van der Waals surface area contributed by atoms with Gasteiger partial charge in [-0.3, -0.25) is 0 Å². The van der Waals surface area contributed by atoms with Crippen LogP contribution in [0.25, 0.3) is 10.1 Å². The minimum atomic E-state index is 1.25. The van der Waals surface area contributed by atoms with Gasteiger partial charge in [-0.15, -0.1) is 11.3 Å². The topological polar surface area (TPSA) is 0 Å². The van der Waals surface area contributed by atoms with Gasteiger partial charge in [0.1, 0.15) is 0 Å². The zero-order valence-corrected chi connectivity index (χ0v) is 9.66. The average molecular weight is 204 g/mol. The van der Waals surface area contributed by atoms with Crippen LogP contribution in [0, 0.1) is 6.92 Å². The van der Waals surface area contributed by atoms with Crippen LogP contribution in [0.2, 0.25) is 0 Å². The van der Waals surface area contributed by atoms with Gasteiger partial charge in [0.25, 0.3) is 0 Å². The first-order valence-corrected chi connectivity index (χ1v) is 6.11. The maximum Gasteiger partial charge on any atom is 0.0348 e. The number of unbranched alkanes of at least 4 members (excludes halogenated alkanes) is 1. The van der Waals surface area contributed by atoms with Gasteiger partial charge in [0.05, 0.1) is 0 Å². The summed E-state index contributed by atoms with van der Waals surface area (Å²) in [5.74, 6) is 0. The summed E-state index contributed by atoms with van der Waals surface area (Å²) in [4.78, 5) is 1.58. The van der Waals surface area contributed by atoms with Crippen LogP contribution in [0.5, 0.6) is 0 Å². The minimum Gasteiger partial charge on any atom is -0.140 e. The van der Waals surface area contributed by atoms with E-state index < -0.39 is 0 Å². The molecule has 0 N–H and O–H groups in total. The first-order chi connectivity index (χ1) is 6.83. The number of fused-ring (bicyclic) bond motifs is 1. The highest BCUT2D eigenvalue weighted by atomic mass is 32.1. The van der Waals surface area contributed by atoms with Crippen molar-refractivity contribution >= 4 is 21.4 Å². The fourth-order valence-corrected chi connectivity index (χ4v) is 3.05. The lowest BCUT2D eigenvalue weighted by Crippen LogP contribution is -1.81. The Morgan fingerprint density at radius 1 is 1.21 bits per heavy atom. The van der Waals surface area contributed by atoms with Crippen molar-refractivity contribution in [1.82, 2.24) is 0 Å². The molecule has 0 amide bonds. The van der Waals surface area contributed by atoms with Crippen LogP contribution in [0.15, 0.2) is 24.3 Å². The molecule has 0 aliphatic carbocycles. The Morgan fingerprint density at radius 3 is 2.71 bits per heavy atom. The lowest BCUT2D eigenvalue weighted by molar-refractivity contribution is 0.801. The van der Waals surface area contributed by atoms with Crippen molar-refractivity contribution in [2.45, 2.75) is 33.1 Å². The third-order valence-electron chi connectivity index (χ3n) is 2.70. The standard InChI is InChI=1S/C13H16S/c1-3-4-8-12-10(2)11-7-5-6-9-13(11)14-12/h5-7,9H,3-4,8H2,1-2H3. The third-order valence-corrected chi connectivity index (χ3v) is 4.03. The largest absolute Gasteiger partial charge is 0.140 e. The molecule has 0 saturated heterocycles. The molecule has 14 heavy (non-hydrogen) atoms. The van der Waals surface area contributed by atoms with E-state index in [4.69, 9.17) is 0 Å². The second-order valence-corrected chi connectivity index (χ2v) is 4.89. The lowest BCUT2D eigenvalue weighted by atomic mass is 10.1. The molecule has 1 aromatic carbocycles. The van der Waals surface area contributed by atoms with Gasteiger partial charge >= 0.3 is 0 Å². The van der Waals surface area contributed by atoms with Crippen LogP contribution < -0.4 is 0 Å². The van der Waals surface area contributed by atoms with Gasteiger partial charge in [-0.25, -0.2) is 0 Å². The Kier molecular flexibility index (Phi) is 2.87. The Morgan fingerprint density at radius 2 is 2.00 bits per heavy atom. The van der Waals surface area contributed by atoms with Gasteiger partial charge in [-0.1, -0.05) is 31.5 Å². The summed E-state index contributed by atoms with van der Waals surface area (Å²) in [6.45, 7) is 4.51. The summed E-state index contributed by atoms with van der Waals surface area (Å²) in [5.41, 5.74) is 1.50. The Hall–Kier alpha value is -0.820. The maximum absolute atomic E-state index is 2.25. The number of rotatable bonds is 3. The second-order valence-electron chi connectivity index (χ2n) is 3.75. The molecule has 74 valence electrons. The highest BCUT2D eigenvalue weighted by Gasteiger charge is 2.06. The zero-order valence-electron chi connectivity index (χ0n) is 8.84. The number of hydrogen-bond donors (Lipinski definition) is 0. The first kappa shape index (κ1) is 9.72. The van der Waals surface area contributed by atoms with Gasteiger partial charge in [0, 0.05) is 9.58 Å². The molecule has 0 saturated carbocycles. The molecule has 0 radical (unpaired) electrons. The van der Waals surface area contributed by atoms with Crippen LogP contribution in [-0.2, 0) is 6.42 Å². The van der Waals surface area contributed by atoms with Crippen LogP contribution in [-0.4, -0.2) is 0 Å². The SMILES string of the molecule is CCCCc1sc2ccccc2c1C. The molecule has 1 aromatic heterocycles. The van der Waals surface area contributed by atoms with E-state index in [-0.39, 0.29) is 0 Å². The highest BCUT2D eigenvalue weighted by Crippen LogP contribution is 2.31. The van der Waals surface area contributed by atoms with E-state index in [1.807, 2.05) is 11.3 Å². The summed E-state index contributed by atoms with van der Waals surface area (Å²) in [7, 11) is 0. The molecule has 0 aliphatic rings. The molecule has 0 fully saturated rings. The van der Waals surface area contributed by atoms with E-state index >= 15 is 0 Å². The smallest absolute Gasteiger partial charge is 0.0348 e. The van der Waals surface area contributed by atoms with Crippen molar-refractivity contribution in [2.75, 3.05) is 0 Å². The van der Waals surface area contributed by atoms with Crippen molar-refractivity contribution in [3.8, 4) is 0 Å². The summed E-state index contributed by atoms with van der Waals surface area (Å²) in [6.07, 6.45) is 3.85. The van der Waals surface area contributed by atoms with Crippen LogP contribution >= 0.6 is 11.3 Å². The summed E-state index contributed by atoms with van der Waals surface area (Å²) in [5, 5.41) is 1.45. The minimum absolute atomic E-state index is 1.25. The quantitative estimate of drug-likeness (QED) is 0.688. The maximum atomic E-state index is 2.25. The monoisotopic (exact) mass is 204 g/mol. The molecule has 1 heterocycles. The van der Waals surface area contributed by atoms with Gasteiger partial charge in [-0.05, 0) is 36.8 Å². The van der Waals surface area contributed by atoms with E-state index in [0.29, 0.717) is 0 Å².